The largest absolute Gasteiger partial charge is 0.307 e. The van der Waals surface area contributed by atoms with Crippen LogP contribution >= 0.6 is 0 Å². The van der Waals surface area contributed by atoms with Crippen molar-refractivity contribution in [1.82, 2.24) is 20.1 Å². The monoisotopic (exact) mass is 202 g/mol. The summed E-state index contributed by atoms with van der Waals surface area (Å²) in [5.41, 5.74) is 0. The van der Waals surface area contributed by atoms with Crippen LogP contribution in [0.25, 0.3) is 0 Å². The number of nitrogens with one attached hydrogen (secondary N) is 1. The van der Waals surface area contributed by atoms with Crippen LogP contribution in [0.5, 0.6) is 0 Å². The quantitative estimate of drug-likeness (QED) is 0.773. The van der Waals surface area contributed by atoms with Crippen LogP contribution in [0.2, 0.25) is 0 Å². The van der Waals surface area contributed by atoms with E-state index in [0.29, 0.717) is 6.54 Å². The second-order valence-corrected chi connectivity index (χ2v) is 3.39. The van der Waals surface area contributed by atoms with Crippen molar-refractivity contribution < 1.29 is 8.78 Å². The Bertz CT molecular complexity index is 299. The number of rotatable bonds is 3. The van der Waals surface area contributed by atoms with Crippen molar-refractivity contribution in [2.45, 2.75) is 31.9 Å². The molecule has 0 bridgehead atoms. The van der Waals surface area contributed by atoms with Gasteiger partial charge < -0.3 is 5.32 Å². The van der Waals surface area contributed by atoms with Crippen molar-refractivity contribution in [3.63, 3.8) is 0 Å². The molecule has 0 radical (unpaired) electrons. The van der Waals surface area contributed by atoms with Gasteiger partial charge in [0.25, 0.3) is 6.43 Å². The van der Waals surface area contributed by atoms with E-state index in [1.165, 1.54) is 6.33 Å². The number of hydrogen-bond donors (Lipinski definition) is 1. The van der Waals surface area contributed by atoms with E-state index in [4.69, 9.17) is 0 Å². The van der Waals surface area contributed by atoms with Crippen molar-refractivity contribution in [2.75, 3.05) is 6.54 Å². The second kappa shape index (κ2) is 4.00. The van der Waals surface area contributed by atoms with Gasteiger partial charge in [0.2, 0.25) is 0 Å². The Morgan fingerprint density at radius 2 is 2.50 bits per heavy atom. The van der Waals surface area contributed by atoms with E-state index in [0.717, 1.165) is 18.7 Å². The van der Waals surface area contributed by atoms with E-state index in [1.54, 1.807) is 4.68 Å². The maximum atomic E-state index is 11.9. The highest BCUT2D eigenvalue weighted by Crippen LogP contribution is 2.11. The first kappa shape index (κ1) is 9.51. The third kappa shape index (κ3) is 2.06. The lowest BCUT2D eigenvalue weighted by Gasteiger charge is -2.23. The van der Waals surface area contributed by atoms with Gasteiger partial charge in [-0.25, -0.2) is 18.4 Å². The summed E-state index contributed by atoms with van der Waals surface area (Å²) in [6.45, 7) is 0.400. The predicted octanol–water partition coefficient (Wildman–Crippen LogP) is 0.448. The van der Waals surface area contributed by atoms with Crippen molar-refractivity contribution in [2.24, 2.45) is 0 Å². The van der Waals surface area contributed by atoms with Gasteiger partial charge in [0.1, 0.15) is 12.2 Å². The summed E-state index contributed by atoms with van der Waals surface area (Å²) in [4.78, 5) is 4.06. The van der Waals surface area contributed by atoms with E-state index in [-0.39, 0.29) is 12.6 Å². The molecular weight excluding hydrogens is 190 g/mol. The molecule has 0 amide bonds. The van der Waals surface area contributed by atoms with Gasteiger partial charge in [-0.05, 0) is 6.42 Å². The summed E-state index contributed by atoms with van der Waals surface area (Å²) >= 11 is 0. The Kier molecular flexibility index (Phi) is 2.72. The lowest BCUT2D eigenvalue weighted by molar-refractivity contribution is 0.137. The smallest absolute Gasteiger partial charge is 0.250 e. The highest BCUT2D eigenvalue weighted by molar-refractivity contribution is 4.92. The van der Waals surface area contributed by atoms with Gasteiger partial charge in [-0.1, -0.05) is 0 Å². The molecule has 1 N–H and O–H groups in total. The fraction of sp³-hybridized carbons (Fsp3) is 0.750. The molecule has 14 heavy (non-hydrogen) atoms. The third-order valence-electron chi connectivity index (χ3n) is 2.37. The minimum Gasteiger partial charge on any atom is -0.307 e. The minimum absolute atomic E-state index is 0.0956. The molecule has 78 valence electrons. The summed E-state index contributed by atoms with van der Waals surface area (Å²) < 4.78 is 25.6. The zero-order chi connectivity index (χ0) is 9.97. The summed E-state index contributed by atoms with van der Waals surface area (Å²) in [5.74, 6) is 0.945. The number of nitrogens with zero attached hydrogens (tertiary/aromatic N) is 3. The third-order valence-corrected chi connectivity index (χ3v) is 2.37. The standard InChI is InChI=1S/C8H12F2N4/c9-7(10)3-11-6-1-2-8-12-5-13-14(8)4-6/h5-7,11H,1-4H2. The molecule has 1 aromatic rings. The summed E-state index contributed by atoms with van der Waals surface area (Å²) in [6.07, 6.45) is 0.879. The molecule has 1 aromatic heterocycles. The van der Waals surface area contributed by atoms with Crippen molar-refractivity contribution in [3.8, 4) is 0 Å². The van der Waals surface area contributed by atoms with Crippen LogP contribution in [0.1, 0.15) is 12.2 Å². The molecule has 4 nitrogen and oxygen atoms in total. The zero-order valence-electron chi connectivity index (χ0n) is 7.66. The van der Waals surface area contributed by atoms with Crippen LogP contribution < -0.4 is 5.32 Å². The van der Waals surface area contributed by atoms with Gasteiger partial charge in [0.05, 0.1) is 13.1 Å². The second-order valence-electron chi connectivity index (χ2n) is 3.39. The van der Waals surface area contributed by atoms with Crippen molar-refractivity contribution in [1.29, 1.82) is 0 Å². The van der Waals surface area contributed by atoms with Crippen molar-refractivity contribution in [3.05, 3.63) is 12.2 Å². The molecule has 1 aliphatic heterocycles. The van der Waals surface area contributed by atoms with Gasteiger partial charge in [-0.2, -0.15) is 5.10 Å². The fourth-order valence-corrected chi connectivity index (χ4v) is 1.66. The summed E-state index contributed by atoms with van der Waals surface area (Å²) in [5, 5.41) is 6.83. The number of aromatic nitrogens is 3. The van der Waals surface area contributed by atoms with Crippen LogP contribution in [-0.4, -0.2) is 33.8 Å². The van der Waals surface area contributed by atoms with Crippen molar-refractivity contribution >= 4 is 0 Å². The molecule has 0 saturated heterocycles. The number of halogens is 2. The van der Waals surface area contributed by atoms with Crippen LogP contribution in [0.3, 0.4) is 0 Å². The van der Waals surface area contributed by atoms with Crippen LogP contribution in [0.4, 0.5) is 8.78 Å². The number of aryl methyl sites for hydroxylation is 1. The maximum Gasteiger partial charge on any atom is 0.250 e. The van der Waals surface area contributed by atoms with Crippen LogP contribution in [-0.2, 0) is 13.0 Å². The Morgan fingerprint density at radius 1 is 1.64 bits per heavy atom. The summed E-state index contributed by atoms with van der Waals surface area (Å²) in [7, 11) is 0. The van der Waals surface area contributed by atoms with Gasteiger partial charge in [-0.3, -0.25) is 0 Å². The molecule has 0 saturated carbocycles. The lowest BCUT2D eigenvalue weighted by atomic mass is 10.1. The highest BCUT2D eigenvalue weighted by atomic mass is 19.3. The molecule has 0 fully saturated rings. The lowest BCUT2D eigenvalue weighted by Crippen LogP contribution is -2.40. The molecule has 1 atom stereocenters. The Labute approximate surface area is 80.3 Å². The zero-order valence-corrected chi connectivity index (χ0v) is 7.66. The first-order chi connectivity index (χ1) is 6.75. The number of fused-ring (bicyclic) bond motifs is 1. The van der Waals surface area contributed by atoms with Gasteiger partial charge in [0.15, 0.2) is 0 Å². The SMILES string of the molecule is FC(F)CNC1CCc2ncnn2C1. The predicted molar refractivity (Wildman–Crippen MR) is 46.1 cm³/mol. The Balaban J connectivity index is 1.88. The first-order valence-corrected chi connectivity index (χ1v) is 4.64. The molecule has 0 aromatic carbocycles. The van der Waals surface area contributed by atoms with E-state index >= 15 is 0 Å². The van der Waals surface area contributed by atoms with Crippen LogP contribution in [0, 0.1) is 0 Å². The van der Waals surface area contributed by atoms with E-state index in [2.05, 4.69) is 15.4 Å². The minimum atomic E-state index is -2.29. The topological polar surface area (TPSA) is 42.7 Å². The molecule has 2 rings (SSSR count). The Morgan fingerprint density at radius 3 is 3.29 bits per heavy atom. The molecule has 0 spiro atoms. The average molecular weight is 202 g/mol. The van der Waals surface area contributed by atoms with E-state index in [9.17, 15) is 8.78 Å². The highest BCUT2D eigenvalue weighted by Gasteiger charge is 2.19. The van der Waals surface area contributed by atoms with Gasteiger partial charge >= 0.3 is 0 Å². The Hall–Kier alpha value is -1.04. The average Bonchev–Trinajstić information content (AvgIpc) is 2.61. The normalized spacial score (nSPS) is 21.2. The van der Waals surface area contributed by atoms with Gasteiger partial charge in [-0.15, -0.1) is 0 Å². The first-order valence-electron chi connectivity index (χ1n) is 4.64. The molecule has 6 heteroatoms. The molecule has 1 unspecified atom stereocenters. The fourth-order valence-electron chi connectivity index (χ4n) is 1.66. The summed E-state index contributed by atoms with van der Waals surface area (Å²) in [6, 6.07) is 0.0956. The van der Waals surface area contributed by atoms with E-state index in [1.807, 2.05) is 0 Å². The molecule has 0 aliphatic carbocycles. The molecule has 2 heterocycles. The maximum absolute atomic E-state index is 11.9. The molecular formula is C8H12F2N4. The van der Waals surface area contributed by atoms with E-state index < -0.39 is 6.43 Å². The molecule has 1 aliphatic rings. The number of hydrogen-bond acceptors (Lipinski definition) is 3. The van der Waals surface area contributed by atoms with Gasteiger partial charge in [0, 0.05) is 12.5 Å². The number of alkyl halides is 2. The van der Waals surface area contributed by atoms with Crippen LogP contribution in [0.15, 0.2) is 6.33 Å².